The fourth-order valence-corrected chi connectivity index (χ4v) is 1.97. The average molecular weight is 275 g/mol. The van der Waals surface area contributed by atoms with Crippen LogP contribution in [0.4, 0.5) is 0 Å². The standard InChI is InChI=1S/C11H13BrClN/c1-2-3-4-11(14)9-7-8(13)5-6-10(9)12/h2,5-7,11H,1,3-4,14H2. The largest absolute Gasteiger partial charge is 0.324 e. The second-order valence-corrected chi connectivity index (χ2v) is 4.43. The first-order valence-electron chi connectivity index (χ1n) is 4.46. The second-order valence-electron chi connectivity index (χ2n) is 3.14. The van der Waals surface area contributed by atoms with Gasteiger partial charge in [0.1, 0.15) is 0 Å². The number of hydrogen-bond acceptors (Lipinski definition) is 1. The zero-order valence-electron chi connectivity index (χ0n) is 7.84. The van der Waals surface area contributed by atoms with Crippen molar-refractivity contribution in [1.29, 1.82) is 0 Å². The van der Waals surface area contributed by atoms with Crippen LogP contribution >= 0.6 is 27.5 Å². The molecule has 1 unspecified atom stereocenters. The summed E-state index contributed by atoms with van der Waals surface area (Å²) >= 11 is 9.36. The van der Waals surface area contributed by atoms with Gasteiger partial charge in [-0.25, -0.2) is 0 Å². The number of allylic oxidation sites excluding steroid dienone is 1. The molecular formula is C11H13BrClN. The van der Waals surface area contributed by atoms with Crippen molar-refractivity contribution in [3.05, 3.63) is 45.9 Å². The first kappa shape index (κ1) is 11.8. The van der Waals surface area contributed by atoms with E-state index in [1.165, 1.54) is 0 Å². The molecule has 0 aliphatic carbocycles. The highest BCUT2D eigenvalue weighted by atomic mass is 79.9. The predicted octanol–water partition coefficient (Wildman–Crippen LogP) is 4.07. The van der Waals surface area contributed by atoms with E-state index in [0.717, 1.165) is 27.9 Å². The Hall–Kier alpha value is -0.310. The molecule has 0 saturated heterocycles. The van der Waals surface area contributed by atoms with Crippen LogP contribution in [0.1, 0.15) is 24.4 Å². The van der Waals surface area contributed by atoms with Gasteiger partial charge in [0.05, 0.1) is 0 Å². The van der Waals surface area contributed by atoms with Crippen LogP contribution in [0.2, 0.25) is 5.02 Å². The van der Waals surface area contributed by atoms with Gasteiger partial charge in [0, 0.05) is 15.5 Å². The molecule has 1 aromatic carbocycles. The zero-order valence-corrected chi connectivity index (χ0v) is 10.2. The summed E-state index contributed by atoms with van der Waals surface area (Å²) in [6.45, 7) is 3.67. The molecule has 0 aromatic heterocycles. The second kappa shape index (κ2) is 5.54. The Balaban J connectivity index is 2.82. The predicted molar refractivity (Wildman–Crippen MR) is 65.5 cm³/mol. The summed E-state index contributed by atoms with van der Waals surface area (Å²) in [6, 6.07) is 5.68. The first-order valence-corrected chi connectivity index (χ1v) is 5.63. The lowest BCUT2D eigenvalue weighted by molar-refractivity contribution is 0.659. The van der Waals surface area contributed by atoms with Crippen LogP contribution in [0.5, 0.6) is 0 Å². The van der Waals surface area contributed by atoms with Gasteiger partial charge in [-0.2, -0.15) is 0 Å². The third-order valence-corrected chi connectivity index (χ3v) is 3.00. The lowest BCUT2D eigenvalue weighted by Gasteiger charge is -2.13. The first-order chi connectivity index (χ1) is 6.65. The van der Waals surface area contributed by atoms with Gasteiger partial charge in [0.25, 0.3) is 0 Å². The number of halogens is 2. The lowest BCUT2D eigenvalue weighted by Crippen LogP contribution is -2.10. The minimum Gasteiger partial charge on any atom is -0.324 e. The van der Waals surface area contributed by atoms with E-state index in [0.29, 0.717) is 0 Å². The van der Waals surface area contributed by atoms with Crippen molar-refractivity contribution in [3.8, 4) is 0 Å². The highest BCUT2D eigenvalue weighted by Gasteiger charge is 2.09. The van der Waals surface area contributed by atoms with Crippen molar-refractivity contribution in [3.63, 3.8) is 0 Å². The van der Waals surface area contributed by atoms with Crippen LogP contribution in [0.25, 0.3) is 0 Å². The molecule has 1 aromatic rings. The molecule has 1 rings (SSSR count). The summed E-state index contributed by atoms with van der Waals surface area (Å²) in [5.41, 5.74) is 7.07. The van der Waals surface area contributed by atoms with Crippen molar-refractivity contribution in [1.82, 2.24) is 0 Å². The molecule has 0 aliphatic heterocycles. The van der Waals surface area contributed by atoms with Gasteiger partial charge < -0.3 is 5.73 Å². The Morgan fingerprint density at radius 1 is 1.57 bits per heavy atom. The number of hydrogen-bond donors (Lipinski definition) is 1. The van der Waals surface area contributed by atoms with Crippen molar-refractivity contribution >= 4 is 27.5 Å². The molecule has 0 heterocycles. The van der Waals surface area contributed by atoms with Gasteiger partial charge >= 0.3 is 0 Å². The fraction of sp³-hybridized carbons (Fsp3) is 0.273. The van der Waals surface area contributed by atoms with Crippen molar-refractivity contribution in [2.45, 2.75) is 18.9 Å². The van der Waals surface area contributed by atoms with E-state index in [1.54, 1.807) is 0 Å². The quantitative estimate of drug-likeness (QED) is 0.823. The molecule has 0 amide bonds. The minimum absolute atomic E-state index is 0.0149. The SMILES string of the molecule is C=CCCC(N)c1cc(Cl)ccc1Br. The molecular weight excluding hydrogens is 261 g/mol. The van der Waals surface area contributed by atoms with E-state index < -0.39 is 0 Å². The molecule has 3 heteroatoms. The van der Waals surface area contributed by atoms with Gasteiger partial charge in [-0.1, -0.05) is 33.6 Å². The molecule has 0 bridgehead atoms. The van der Waals surface area contributed by atoms with Gasteiger partial charge in [0.2, 0.25) is 0 Å². The lowest BCUT2D eigenvalue weighted by atomic mass is 10.0. The summed E-state index contributed by atoms with van der Waals surface area (Å²) in [4.78, 5) is 0. The van der Waals surface area contributed by atoms with Crippen LogP contribution in [-0.2, 0) is 0 Å². The average Bonchev–Trinajstić information content (AvgIpc) is 2.18. The van der Waals surface area contributed by atoms with Gasteiger partial charge in [-0.05, 0) is 36.6 Å². The molecule has 76 valence electrons. The summed E-state index contributed by atoms with van der Waals surface area (Å²) < 4.78 is 1.01. The molecule has 0 radical (unpaired) electrons. The maximum absolute atomic E-state index is 6.01. The molecule has 2 N–H and O–H groups in total. The van der Waals surface area contributed by atoms with E-state index in [1.807, 2.05) is 24.3 Å². The Morgan fingerprint density at radius 2 is 2.29 bits per heavy atom. The third kappa shape index (κ3) is 3.12. The van der Waals surface area contributed by atoms with Crippen molar-refractivity contribution < 1.29 is 0 Å². The molecule has 0 fully saturated rings. The minimum atomic E-state index is 0.0149. The van der Waals surface area contributed by atoms with Gasteiger partial charge in [0.15, 0.2) is 0 Å². The fourth-order valence-electron chi connectivity index (χ4n) is 1.25. The maximum atomic E-state index is 6.01. The Labute approximate surface area is 98.1 Å². The van der Waals surface area contributed by atoms with Crippen molar-refractivity contribution in [2.24, 2.45) is 5.73 Å². The zero-order chi connectivity index (χ0) is 10.6. The van der Waals surface area contributed by atoms with E-state index in [-0.39, 0.29) is 6.04 Å². The van der Waals surface area contributed by atoms with E-state index in [9.17, 15) is 0 Å². The molecule has 0 spiro atoms. The summed E-state index contributed by atoms with van der Waals surface area (Å²) in [5, 5.41) is 0.720. The normalized spacial score (nSPS) is 12.5. The number of rotatable bonds is 4. The van der Waals surface area contributed by atoms with Crippen LogP contribution < -0.4 is 5.73 Å². The number of nitrogens with two attached hydrogens (primary N) is 1. The molecule has 0 saturated carbocycles. The van der Waals surface area contributed by atoms with Crippen LogP contribution in [-0.4, -0.2) is 0 Å². The van der Waals surface area contributed by atoms with Gasteiger partial charge in [-0.3, -0.25) is 0 Å². The molecule has 14 heavy (non-hydrogen) atoms. The summed E-state index contributed by atoms with van der Waals surface area (Å²) in [7, 11) is 0. The van der Waals surface area contributed by atoms with E-state index >= 15 is 0 Å². The molecule has 1 atom stereocenters. The monoisotopic (exact) mass is 273 g/mol. The Kier molecular flexibility index (Phi) is 4.66. The summed E-state index contributed by atoms with van der Waals surface area (Å²) in [5.74, 6) is 0. The molecule has 1 nitrogen and oxygen atoms in total. The Bertz CT molecular complexity index is 325. The smallest absolute Gasteiger partial charge is 0.0410 e. The third-order valence-electron chi connectivity index (χ3n) is 2.04. The van der Waals surface area contributed by atoms with Crippen molar-refractivity contribution in [2.75, 3.05) is 0 Å². The topological polar surface area (TPSA) is 26.0 Å². The summed E-state index contributed by atoms with van der Waals surface area (Å²) in [6.07, 6.45) is 3.68. The van der Waals surface area contributed by atoms with Crippen LogP contribution in [0.3, 0.4) is 0 Å². The maximum Gasteiger partial charge on any atom is 0.0410 e. The highest BCUT2D eigenvalue weighted by Crippen LogP contribution is 2.27. The van der Waals surface area contributed by atoms with Gasteiger partial charge in [-0.15, -0.1) is 6.58 Å². The molecule has 0 aliphatic rings. The van der Waals surface area contributed by atoms with Crippen LogP contribution in [0, 0.1) is 0 Å². The Morgan fingerprint density at radius 3 is 2.93 bits per heavy atom. The van der Waals surface area contributed by atoms with E-state index in [2.05, 4.69) is 22.5 Å². The van der Waals surface area contributed by atoms with E-state index in [4.69, 9.17) is 17.3 Å². The van der Waals surface area contributed by atoms with Crippen LogP contribution in [0.15, 0.2) is 35.3 Å². The number of benzene rings is 1. The highest BCUT2D eigenvalue weighted by molar-refractivity contribution is 9.10.